The molecule has 0 aliphatic carbocycles. The van der Waals surface area contributed by atoms with Crippen LogP contribution in [0, 0.1) is 0 Å². The number of carbonyl (C=O) groups excluding carboxylic acids is 1. The van der Waals surface area contributed by atoms with Gasteiger partial charge in [-0.15, -0.1) is 0 Å². The van der Waals surface area contributed by atoms with Crippen LogP contribution in [0.25, 0.3) is 0 Å². The summed E-state index contributed by atoms with van der Waals surface area (Å²) >= 11 is 0. The van der Waals surface area contributed by atoms with Gasteiger partial charge in [0, 0.05) is 31.5 Å². The maximum Gasteiger partial charge on any atom is 0.223 e. The average molecular weight is 302 g/mol. The van der Waals surface area contributed by atoms with E-state index in [1.807, 2.05) is 11.0 Å². The third kappa shape index (κ3) is 3.87. The number of nitrogens with zero attached hydrogens (tertiary/aromatic N) is 1. The van der Waals surface area contributed by atoms with Crippen molar-refractivity contribution >= 4 is 5.91 Å². The molecule has 2 heterocycles. The summed E-state index contributed by atoms with van der Waals surface area (Å²) in [4.78, 5) is 14.6. The van der Waals surface area contributed by atoms with Crippen molar-refractivity contribution in [1.82, 2.24) is 10.2 Å². The topological polar surface area (TPSA) is 41.6 Å². The van der Waals surface area contributed by atoms with E-state index in [1.165, 1.54) is 18.4 Å². The SMILES string of the molecule is O=C(C[C@H](c1ccccc1)[C@H]1CCCCN1)N1CCOCC1. The first kappa shape index (κ1) is 15.5. The molecule has 0 saturated carbocycles. The van der Waals surface area contributed by atoms with Crippen molar-refractivity contribution in [3.63, 3.8) is 0 Å². The fourth-order valence-corrected chi connectivity index (χ4v) is 3.54. The van der Waals surface area contributed by atoms with Crippen molar-refractivity contribution in [2.75, 3.05) is 32.8 Å². The van der Waals surface area contributed by atoms with Crippen molar-refractivity contribution < 1.29 is 9.53 Å². The minimum atomic E-state index is 0.268. The summed E-state index contributed by atoms with van der Waals surface area (Å²) in [6, 6.07) is 10.9. The molecule has 1 aromatic carbocycles. The van der Waals surface area contributed by atoms with E-state index in [-0.39, 0.29) is 11.8 Å². The minimum absolute atomic E-state index is 0.268. The zero-order chi connectivity index (χ0) is 15.2. The molecule has 2 aliphatic rings. The van der Waals surface area contributed by atoms with Gasteiger partial charge in [-0.2, -0.15) is 0 Å². The largest absolute Gasteiger partial charge is 0.378 e. The Morgan fingerprint density at radius 2 is 2.00 bits per heavy atom. The standard InChI is InChI=1S/C18H26N2O2/c21-18(20-10-12-22-13-11-20)14-16(15-6-2-1-3-7-15)17-8-4-5-9-19-17/h1-3,6-7,16-17,19H,4-5,8-14H2/t16-,17-/m1/s1. The third-order valence-corrected chi connectivity index (χ3v) is 4.82. The quantitative estimate of drug-likeness (QED) is 0.927. The van der Waals surface area contributed by atoms with Crippen LogP contribution in [0.2, 0.25) is 0 Å². The molecule has 2 saturated heterocycles. The first-order chi connectivity index (χ1) is 10.8. The summed E-state index contributed by atoms with van der Waals surface area (Å²) in [6.07, 6.45) is 4.26. The van der Waals surface area contributed by atoms with Crippen LogP contribution in [0.1, 0.15) is 37.2 Å². The van der Waals surface area contributed by atoms with E-state index >= 15 is 0 Å². The number of rotatable bonds is 4. The molecule has 2 atom stereocenters. The van der Waals surface area contributed by atoms with Crippen molar-refractivity contribution in [2.24, 2.45) is 0 Å². The molecule has 3 rings (SSSR count). The summed E-state index contributed by atoms with van der Waals surface area (Å²) in [5, 5.41) is 3.63. The molecule has 0 bridgehead atoms. The number of morpholine rings is 1. The molecule has 1 N–H and O–H groups in total. The Labute approximate surface area is 132 Å². The first-order valence-corrected chi connectivity index (χ1v) is 8.48. The number of hydrogen-bond donors (Lipinski definition) is 1. The van der Waals surface area contributed by atoms with Crippen LogP contribution in [0.15, 0.2) is 30.3 Å². The zero-order valence-corrected chi connectivity index (χ0v) is 13.2. The van der Waals surface area contributed by atoms with Gasteiger partial charge in [0.25, 0.3) is 0 Å². The van der Waals surface area contributed by atoms with Crippen molar-refractivity contribution in [2.45, 2.75) is 37.6 Å². The summed E-state index contributed by atoms with van der Waals surface area (Å²) < 4.78 is 5.35. The fourth-order valence-electron chi connectivity index (χ4n) is 3.54. The van der Waals surface area contributed by atoms with Crippen LogP contribution >= 0.6 is 0 Å². The number of nitrogens with one attached hydrogen (secondary N) is 1. The molecular weight excluding hydrogens is 276 g/mol. The summed E-state index contributed by atoms with van der Waals surface area (Å²) in [5.41, 5.74) is 1.28. The monoisotopic (exact) mass is 302 g/mol. The van der Waals surface area contributed by atoms with Gasteiger partial charge in [0.05, 0.1) is 13.2 Å². The van der Waals surface area contributed by atoms with Crippen molar-refractivity contribution in [1.29, 1.82) is 0 Å². The highest BCUT2D eigenvalue weighted by molar-refractivity contribution is 5.77. The highest BCUT2D eigenvalue weighted by Gasteiger charge is 2.29. The molecular formula is C18H26N2O2. The molecule has 4 nitrogen and oxygen atoms in total. The molecule has 2 fully saturated rings. The van der Waals surface area contributed by atoms with Crippen LogP contribution < -0.4 is 5.32 Å². The van der Waals surface area contributed by atoms with E-state index in [4.69, 9.17) is 4.74 Å². The van der Waals surface area contributed by atoms with E-state index in [1.54, 1.807) is 0 Å². The van der Waals surface area contributed by atoms with Crippen LogP contribution in [0.4, 0.5) is 0 Å². The molecule has 4 heteroatoms. The van der Waals surface area contributed by atoms with Gasteiger partial charge in [-0.05, 0) is 24.9 Å². The number of amides is 1. The Balaban J connectivity index is 1.71. The van der Waals surface area contributed by atoms with Crippen LogP contribution in [0.3, 0.4) is 0 Å². The minimum Gasteiger partial charge on any atom is -0.378 e. The third-order valence-electron chi connectivity index (χ3n) is 4.82. The Bertz CT molecular complexity index is 465. The summed E-state index contributed by atoms with van der Waals surface area (Å²) in [7, 11) is 0. The molecule has 0 aromatic heterocycles. The normalized spacial score (nSPS) is 24.0. The van der Waals surface area contributed by atoms with Crippen LogP contribution in [0.5, 0.6) is 0 Å². The lowest BCUT2D eigenvalue weighted by Gasteiger charge is -2.34. The number of benzene rings is 1. The Morgan fingerprint density at radius 3 is 2.68 bits per heavy atom. The van der Waals surface area contributed by atoms with Crippen molar-refractivity contribution in [3.8, 4) is 0 Å². The van der Waals surface area contributed by atoms with Gasteiger partial charge in [0.2, 0.25) is 5.91 Å². The lowest BCUT2D eigenvalue weighted by molar-refractivity contribution is -0.135. The average Bonchev–Trinajstić information content (AvgIpc) is 2.62. The van der Waals surface area contributed by atoms with E-state index in [0.29, 0.717) is 25.7 Å². The second kappa shape index (κ2) is 7.75. The smallest absolute Gasteiger partial charge is 0.223 e. The van der Waals surface area contributed by atoms with Gasteiger partial charge < -0.3 is 15.0 Å². The zero-order valence-electron chi connectivity index (χ0n) is 13.2. The predicted octanol–water partition coefficient (Wildman–Crippen LogP) is 2.16. The van der Waals surface area contributed by atoms with Crippen molar-refractivity contribution in [3.05, 3.63) is 35.9 Å². The molecule has 1 amide bonds. The number of piperidine rings is 1. The molecule has 0 spiro atoms. The summed E-state index contributed by atoms with van der Waals surface area (Å²) in [5.74, 6) is 0.543. The Hall–Kier alpha value is -1.39. The predicted molar refractivity (Wildman–Crippen MR) is 86.8 cm³/mol. The fraction of sp³-hybridized carbons (Fsp3) is 0.611. The molecule has 1 aromatic rings. The van der Waals surface area contributed by atoms with E-state index < -0.39 is 0 Å². The van der Waals surface area contributed by atoms with Gasteiger partial charge in [-0.3, -0.25) is 4.79 Å². The van der Waals surface area contributed by atoms with Gasteiger partial charge in [-0.25, -0.2) is 0 Å². The number of hydrogen-bond acceptors (Lipinski definition) is 3. The van der Waals surface area contributed by atoms with Gasteiger partial charge in [0.15, 0.2) is 0 Å². The lowest BCUT2D eigenvalue weighted by atomic mass is 9.84. The van der Waals surface area contributed by atoms with Gasteiger partial charge in [-0.1, -0.05) is 36.8 Å². The van der Waals surface area contributed by atoms with Crippen LogP contribution in [-0.2, 0) is 9.53 Å². The second-order valence-electron chi connectivity index (χ2n) is 6.27. The Kier molecular flexibility index (Phi) is 5.46. The Morgan fingerprint density at radius 1 is 1.23 bits per heavy atom. The maximum absolute atomic E-state index is 12.7. The highest BCUT2D eigenvalue weighted by atomic mass is 16.5. The first-order valence-electron chi connectivity index (χ1n) is 8.48. The summed E-state index contributed by atoms with van der Waals surface area (Å²) in [6.45, 7) is 3.88. The molecule has 0 unspecified atom stereocenters. The molecule has 0 radical (unpaired) electrons. The van der Waals surface area contributed by atoms with Gasteiger partial charge in [0.1, 0.15) is 0 Å². The molecule has 120 valence electrons. The number of ether oxygens (including phenoxy) is 1. The van der Waals surface area contributed by atoms with E-state index in [0.717, 1.165) is 26.1 Å². The van der Waals surface area contributed by atoms with E-state index in [9.17, 15) is 4.79 Å². The lowest BCUT2D eigenvalue weighted by Crippen LogP contribution is -2.44. The van der Waals surface area contributed by atoms with Gasteiger partial charge >= 0.3 is 0 Å². The maximum atomic E-state index is 12.7. The number of carbonyl (C=O) groups is 1. The molecule has 22 heavy (non-hydrogen) atoms. The second-order valence-corrected chi connectivity index (χ2v) is 6.27. The van der Waals surface area contributed by atoms with E-state index in [2.05, 4.69) is 29.6 Å². The highest BCUT2D eigenvalue weighted by Crippen LogP contribution is 2.29. The van der Waals surface area contributed by atoms with Crippen LogP contribution in [-0.4, -0.2) is 49.7 Å². The molecule has 2 aliphatic heterocycles.